The van der Waals surface area contributed by atoms with Crippen molar-refractivity contribution < 1.29 is 19.3 Å². The van der Waals surface area contributed by atoms with Gasteiger partial charge in [-0.05, 0) is 67.3 Å². The Bertz CT molecular complexity index is 1040. The highest BCUT2D eigenvalue weighted by atomic mass is 79.9. The average Bonchev–Trinajstić information content (AvgIpc) is 2.74. The van der Waals surface area contributed by atoms with Gasteiger partial charge < -0.3 is 9.47 Å². The Balaban J connectivity index is 2.26. The number of hydrogen-bond acceptors (Lipinski definition) is 6. The Kier molecular flexibility index (Phi) is 6.37. The van der Waals surface area contributed by atoms with E-state index in [0.717, 1.165) is 0 Å². The second-order valence-electron chi connectivity index (χ2n) is 6.05. The van der Waals surface area contributed by atoms with E-state index in [0.29, 0.717) is 42.7 Å². The predicted molar refractivity (Wildman–Crippen MR) is 119 cm³/mol. The molecule has 0 bridgehead atoms. The van der Waals surface area contributed by atoms with Gasteiger partial charge in [0.1, 0.15) is 11.5 Å². The fourth-order valence-corrected chi connectivity index (χ4v) is 4.58. The Morgan fingerprint density at radius 3 is 1.20 bits per heavy atom. The SMILES string of the molecule is COc1c(Br)c(-c2ccc([N+](=O)[O-])cc2)c(OC)c(Br)c1-c1ccc([N+](=O)[O-])cc1. The quantitative estimate of drug-likeness (QED) is 0.267. The third-order valence-electron chi connectivity index (χ3n) is 4.43. The van der Waals surface area contributed by atoms with Crippen molar-refractivity contribution in [3.05, 3.63) is 77.7 Å². The Morgan fingerprint density at radius 2 is 0.967 bits per heavy atom. The van der Waals surface area contributed by atoms with Crippen LogP contribution in [0.5, 0.6) is 11.5 Å². The van der Waals surface area contributed by atoms with Crippen molar-refractivity contribution in [2.45, 2.75) is 0 Å². The summed E-state index contributed by atoms with van der Waals surface area (Å²) in [6.07, 6.45) is 0. The highest BCUT2D eigenvalue weighted by Crippen LogP contribution is 2.53. The van der Waals surface area contributed by atoms with E-state index in [-0.39, 0.29) is 11.4 Å². The van der Waals surface area contributed by atoms with Gasteiger partial charge in [0, 0.05) is 35.4 Å². The highest BCUT2D eigenvalue weighted by molar-refractivity contribution is 9.11. The lowest BCUT2D eigenvalue weighted by molar-refractivity contribution is -0.385. The van der Waals surface area contributed by atoms with E-state index >= 15 is 0 Å². The molecule has 10 heteroatoms. The van der Waals surface area contributed by atoms with Crippen LogP contribution in [0.15, 0.2) is 57.5 Å². The van der Waals surface area contributed by atoms with Crippen molar-refractivity contribution in [2.75, 3.05) is 14.2 Å². The van der Waals surface area contributed by atoms with E-state index in [1.165, 1.54) is 38.5 Å². The largest absolute Gasteiger partial charge is 0.495 e. The second-order valence-corrected chi connectivity index (χ2v) is 7.64. The molecular formula is C20H14Br2N2O6. The molecule has 0 radical (unpaired) electrons. The van der Waals surface area contributed by atoms with Crippen molar-refractivity contribution in [1.29, 1.82) is 0 Å². The topological polar surface area (TPSA) is 105 Å². The number of non-ortho nitro benzene ring substituents is 2. The van der Waals surface area contributed by atoms with Gasteiger partial charge in [0.2, 0.25) is 0 Å². The molecule has 0 aliphatic rings. The van der Waals surface area contributed by atoms with Crippen LogP contribution in [0.4, 0.5) is 11.4 Å². The lowest BCUT2D eigenvalue weighted by Crippen LogP contribution is -1.99. The Labute approximate surface area is 188 Å². The maximum absolute atomic E-state index is 11.0. The zero-order valence-electron chi connectivity index (χ0n) is 15.7. The first kappa shape index (κ1) is 21.7. The van der Waals surface area contributed by atoms with Crippen LogP contribution in [0.3, 0.4) is 0 Å². The minimum atomic E-state index is -0.468. The van der Waals surface area contributed by atoms with Crippen LogP contribution in [0.2, 0.25) is 0 Å². The molecule has 0 N–H and O–H groups in total. The van der Waals surface area contributed by atoms with Gasteiger partial charge in [-0.15, -0.1) is 0 Å². The fraction of sp³-hybridized carbons (Fsp3) is 0.100. The van der Waals surface area contributed by atoms with Crippen LogP contribution in [0.1, 0.15) is 0 Å². The molecule has 0 spiro atoms. The summed E-state index contributed by atoms with van der Waals surface area (Å²) in [6.45, 7) is 0. The fourth-order valence-electron chi connectivity index (χ4n) is 3.04. The molecule has 154 valence electrons. The van der Waals surface area contributed by atoms with Gasteiger partial charge in [-0.3, -0.25) is 20.2 Å². The molecule has 0 amide bonds. The third-order valence-corrected chi connectivity index (χ3v) is 5.95. The average molecular weight is 538 g/mol. The van der Waals surface area contributed by atoms with Crippen LogP contribution in [-0.2, 0) is 0 Å². The van der Waals surface area contributed by atoms with Crippen LogP contribution in [0.25, 0.3) is 22.3 Å². The standard InChI is InChI=1S/C20H14Br2N2O6/c1-29-19-15(11-3-7-13(8-4-11)23(25)26)18(22)20(30-2)16(17(19)21)12-5-9-14(10-6-12)24(27)28/h3-10H,1-2H3. The van der Waals surface area contributed by atoms with E-state index in [2.05, 4.69) is 31.9 Å². The first-order valence-electron chi connectivity index (χ1n) is 8.42. The number of nitrogens with zero attached hydrogens (tertiary/aromatic N) is 2. The lowest BCUT2D eigenvalue weighted by atomic mass is 9.97. The summed E-state index contributed by atoms with van der Waals surface area (Å²) in [5.41, 5.74) is 2.59. The van der Waals surface area contributed by atoms with Crippen molar-refractivity contribution in [2.24, 2.45) is 0 Å². The molecule has 0 saturated heterocycles. The summed E-state index contributed by atoms with van der Waals surface area (Å²) in [5, 5.41) is 21.9. The lowest BCUT2D eigenvalue weighted by Gasteiger charge is -2.20. The monoisotopic (exact) mass is 536 g/mol. The summed E-state index contributed by atoms with van der Waals surface area (Å²) in [5.74, 6) is 0.953. The molecule has 0 fully saturated rings. The summed E-state index contributed by atoms with van der Waals surface area (Å²) in [7, 11) is 3.01. The molecule has 30 heavy (non-hydrogen) atoms. The first-order chi connectivity index (χ1) is 14.3. The van der Waals surface area contributed by atoms with E-state index in [1.54, 1.807) is 24.3 Å². The maximum Gasteiger partial charge on any atom is 0.269 e. The number of nitro groups is 2. The molecule has 0 heterocycles. The van der Waals surface area contributed by atoms with Gasteiger partial charge in [0.25, 0.3) is 11.4 Å². The van der Waals surface area contributed by atoms with Crippen LogP contribution < -0.4 is 9.47 Å². The molecule has 0 unspecified atom stereocenters. The molecule has 3 aromatic carbocycles. The van der Waals surface area contributed by atoms with Crippen molar-refractivity contribution in [3.63, 3.8) is 0 Å². The Morgan fingerprint density at radius 1 is 0.667 bits per heavy atom. The van der Waals surface area contributed by atoms with Gasteiger partial charge in [0.05, 0.1) is 33.0 Å². The number of methoxy groups -OCH3 is 2. The number of hydrogen-bond donors (Lipinski definition) is 0. The van der Waals surface area contributed by atoms with E-state index in [1.807, 2.05) is 0 Å². The zero-order valence-corrected chi connectivity index (χ0v) is 18.9. The molecule has 8 nitrogen and oxygen atoms in total. The highest BCUT2D eigenvalue weighted by Gasteiger charge is 2.25. The summed E-state index contributed by atoms with van der Waals surface area (Å²) in [4.78, 5) is 21.0. The van der Waals surface area contributed by atoms with E-state index in [9.17, 15) is 20.2 Å². The van der Waals surface area contributed by atoms with Crippen molar-refractivity contribution in [3.8, 4) is 33.8 Å². The van der Waals surface area contributed by atoms with Crippen molar-refractivity contribution >= 4 is 43.2 Å². The molecule has 3 aromatic rings. The summed E-state index contributed by atoms with van der Waals surface area (Å²) < 4.78 is 12.4. The third kappa shape index (κ3) is 3.88. The van der Waals surface area contributed by atoms with Crippen LogP contribution in [0, 0.1) is 20.2 Å². The van der Waals surface area contributed by atoms with Gasteiger partial charge >= 0.3 is 0 Å². The molecule has 3 rings (SSSR count). The van der Waals surface area contributed by atoms with Crippen LogP contribution in [-0.4, -0.2) is 24.1 Å². The predicted octanol–water partition coefficient (Wildman–Crippen LogP) is 6.38. The van der Waals surface area contributed by atoms with Crippen LogP contribution >= 0.6 is 31.9 Å². The van der Waals surface area contributed by atoms with Gasteiger partial charge in [-0.1, -0.05) is 0 Å². The molecular weight excluding hydrogens is 524 g/mol. The number of ether oxygens (including phenoxy) is 2. The zero-order chi connectivity index (χ0) is 22.0. The normalized spacial score (nSPS) is 10.5. The number of benzene rings is 3. The van der Waals surface area contributed by atoms with E-state index in [4.69, 9.17) is 9.47 Å². The summed E-state index contributed by atoms with van der Waals surface area (Å²) >= 11 is 7.14. The molecule has 0 atom stereocenters. The molecule has 0 aromatic heterocycles. The van der Waals surface area contributed by atoms with Gasteiger partial charge in [0.15, 0.2) is 0 Å². The van der Waals surface area contributed by atoms with Gasteiger partial charge in [-0.2, -0.15) is 0 Å². The minimum Gasteiger partial charge on any atom is -0.495 e. The molecule has 0 aliphatic carbocycles. The minimum absolute atomic E-state index is 0.0256. The number of halogens is 2. The molecule has 0 saturated carbocycles. The number of nitro benzene ring substituents is 2. The smallest absolute Gasteiger partial charge is 0.269 e. The number of rotatable bonds is 6. The van der Waals surface area contributed by atoms with E-state index < -0.39 is 9.85 Å². The second kappa shape index (κ2) is 8.80. The first-order valence-corrected chi connectivity index (χ1v) is 10.0. The molecule has 0 aliphatic heterocycles. The van der Waals surface area contributed by atoms with Gasteiger partial charge in [-0.25, -0.2) is 0 Å². The summed E-state index contributed by atoms with van der Waals surface area (Å²) in [6, 6.07) is 12.1. The van der Waals surface area contributed by atoms with Crippen molar-refractivity contribution in [1.82, 2.24) is 0 Å². The Hall–Kier alpha value is -2.98. The maximum atomic E-state index is 11.0.